The Hall–Kier alpha value is -1.01. The van der Waals surface area contributed by atoms with Crippen molar-refractivity contribution in [3.63, 3.8) is 0 Å². The summed E-state index contributed by atoms with van der Waals surface area (Å²) in [6, 6.07) is 15.2. The average molecular weight is 261 g/mol. The molecule has 0 amide bonds. The maximum absolute atomic E-state index is 6.40. The van der Waals surface area contributed by atoms with Crippen molar-refractivity contribution in [2.24, 2.45) is 0 Å². The van der Waals surface area contributed by atoms with Gasteiger partial charge in [-0.25, -0.2) is 0 Å². The summed E-state index contributed by atoms with van der Waals surface area (Å²) in [6.45, 7) is 2.23. The van der Waals surface area contributed by atoms with Crippen molar-refractivity contribution < 1.29 is 0 Å². The summed E-state index contributed by atoms with van der Waals surface area (Å²) in [4.78, 5) is 0. The molecule has 2 aromatic carbocycles. The Labute approximate surface area is 115 Å². The minimum Gasteiger partial charge on any atom is -0.123 e. The second kappa shape index (κ2) is 6.80. The van der Waals surface area contributed by atoms with Crippen LogP contribution in [0.15, 0.2) is 42.5 Å². The summed E-state index contributed by atoms with van der Waals surface area (Å²) in [5.74, 6) is 0. The molecule has 0 N–H and O–H groups in total. The monoisotopic (exact) mass is 260 g/mol. The van der Waals surface area contributed by atoms with Crippen LogP contribution in [0.4, 0.5) is 0 Å². The van der Waals surface area contributed by atoms with Gasteiger partial charge in [0.2, 0.25) is 0 Å². The molecule has 0 radical (unpaired) electrons. The van der Waals surface area contributed by atoms with Gasteiger partial charge in [-0.1, -0.05) is 68.7 Å². The van der Waals surface area contributed by atoms with Crippen LogP contribution < -0.4 is 0 Å². The van der Waals surface area contributed by atoms with Crippen LogP contribution in [-0.4, -0.2) is 5.38 Å². The van der Waals surface area contributed by atoms with Crippen LogP contribution >= 0.6 is 11.6 Å². The molecule has 0 nitrogen and oxygen atoms in total. The van der Waals surface area contributed by atoms with Crippen LogP contribution in [0.3, 0.4) is 0 Å². The van der Waals surface area contributed by atoms with Crippen LogP contribution in [-0.2, 0) is 6.42 Å². The predicted octanol–water partition coefficient (Wildman–Crippen LogP) is 5.57. The summed E-state index contributed by atoms with van der Waals surface area (Å²) < 4.78 is 0. The third kappa shape index (κ3) is 3.74. The van der Waals surface area contributed by atoms with E-state index in [9.17, 15) is 0 Å². The minimum absolute atomic E-state index is 0.276. The lowest BCUT2D eigenvalue weighted by molar-refractivity contribution is 0.638. The van der Waals surface area contributed by atoms with Crippen LogP contribution in [0, 0.1) is 0 Å². The van der Waals surface area contributed by atoms with E-state index in [0.717, 1.165) is 12.8 Å². The molecule has 0 aliphatic heterocycles. The van der Waals surface area contributed by atoms with E-state index in [-0.39, 0.29) is 5.38 Å². The van der Waals surface area contributed by atoms with Gasteiger partial charge in [0, 0.05) is 5.38 Å². The lowest BCUT2D eigenvalue weighted by Gasteiger charge is -2.10. The third-order valence-electron chi connectivity index (χ3n) is 3.39. The van der Waals surface area contributed by atoms with E-state index in [1.165, 1.54) is 35.6 Å². The van der Waals surface area contributed by atoms with Gasteiger partial charge in [0.1, 0.15) is 0 Å². The quantitative estimate of drug-likeness (QED) is 0.470. The highest BCUT2D eigenvalue weighted by atomic mass is 35.5. The zero-order valence-corrected chi connectivity index (χ0v) is 11.8. The molecule has 2 rings (SSSR count). The normalized spacial score (nSPS) is 12.8. The Kier molecular flexibility index (Phi) is 5.07. The highest BCUT2D eigenvalue weighted by Crippen LogP contribution is 2.19. The number of hydrogen-bond donors (Lipinski definition) is 0. The smallest absolute Gasteiger partial charge is 0.0376 e. The van der Waals surface area contributed by atoms with Crippen molar-refractivity contribution in [1.82, 2.24) is 0 Å². The van der Waals surface area contributed by atoms with E-state index in [4.69, 9.17) is 11.6 Å². The molecule has 96 valence electrons. The van der Waals surface area contributed by atoms with Crippen molar-refractivity contribution in [2.45, 2.75) is 44.4 Å². The molecule has 0 spiro atoms. The fourth-order valence-electron chi connectivity index (χ4n) is 2.34. The molecule has 0 saturated heterocycles. The molecule has 1 atom stereocenters. The van der Waals surface area contributed by atoms with Gasteiger partial charge in [-0.15, -0.1) is 11.6 Å². The minimum atomic E-state index is 0.276. The molecule has 0 aromatic heterocycles. The molecule has 0 aliphatic carbocycles. The summed E-state index contributed by atoms with van der Waals surface area (Å²) in [7, 11) is 0. The van der Waals surface area contributed by atoms with Crippen LogP contribution in [0.25, 0.3) is 10.8 Å². The summed E-state index contributed by atoms with van der Waals surface area (Å²) >= 11 is 6.40. The molecule has 0 aliphatic rings. The molecular formula is C17H21Cl. The second-order valence-electron chi connectivity index (χ2n) is 4.98. The van der Waals surface area contributed by atoms with E-state index in [1.54, 1.807) is 0 Å². The number of unbranched alkanes of at least 4 members (excludes halogenated alkanes) is 2. The predicted molar refractivity (Wildman–Crippen MR) is 81.4 cm³/mol. The number of alkyl halides is 1. The summed E-state index contributed by atoms with van der Waals surface area (Å²) in [5.41, 5.74) is 1.35. The van der Waals surface area contributed by atoms with E-state index in [0.29, 0.717) is 0 Å². The van der Waals surface area contributed by atoms with Crippen molar-refractivity contribution in [1.29, 1.82) is 0 Å². The van der Waals surface area contributed by atoms with Crippen molar-refractivity contribution in [3.05, 3.63) is 48.0 Å². The second-order valence-corrected chi connectivity index (χ2v) is 5.60. The highest BCUT2D eigenvalue weighted by molar-refractivity contribution is 6.20. The van der Waals surface area contributed by atoms with Gasteiger partial charge >= 0.3 is 0 Å². The van der Waals surface area contributed by atoms with Gasteiger partial charge in [0.05, 0.1) is 0 Å². The Morgan fingerprint density at radius 3 is 2.56 bits per heavy atom. The van der Waals surface area contributed by atoms with Crippen LogP contribution in [0.2, 0.25) is 0 Å². The van der Waals surface area contributed by atoms with Gasteiger partial charge in [0.25, 0.3) is 0 Å². The van der Waals surface area contributed by atoms with Gasteiger partial charge in [-0.3, -0.25) is 0 Å². The largest absolute Gasteiger partial charge is 0.123 e. The maximum Gasteiger partial charge on any atom is 0.0376 e. The first-order valence-corrected chi connectivity index (χ1v) is 7.35. The summed E-state index contributed by atoms with van der Waals surface area (Å²) in [6.07, 6.45) is 5.91. The molecule has 0 heterocycles. The number of benzene rings is 2. The zero-order chi connectivity index (χ0) is 12.8. The molecule has 1 heteroatoms. The molecule has 18 heavy (non-hydrogen) atoms. The fourth-order valence-corrected chi connectivity index (χ4v) is 2.67. The molecule has 0 saturated carbocycles. The molecule has 1 unspecified atom stereocenters. The Morgan fingerprint density at radius 2 is 1.78 bits per heavy atom. The fraction of sp³-hybridized carbons (Fsp3) is 0.412. The zero-order valence-electron chi connectivity index (χ0n) is 11.0. The van der Waals surface area contributed by atoms with Crippen molar-refractivity contribution >= 4 is 22.4 Å². The van der Waals surface area contributed by atoms with Gasteiger partial charge in [0.15, 0.2) is 0 Å². The Bertz CT molecular complexity index is 490. The third-order valence-corrected chi connectivity index (χ3v) is 3.76. The summed E-state index contributed by atoms with van der Waals surface area (Å²) in [5, 5.41) is 2.89. The molecule has 0 fully saturated rings. The molecule has 2 aromatic rings. The Balaban J connectivity index is 1.98. The first-order chi connectivity index (χ1) is 8.79. The molecule has 0 bridgehead atoms. The number of rotatable bonds is 6. The van der Waals surface area contributed by atoms with Gasteiger partial charge in [-0.05, 0) is 29.2 Å². The maximum atomic E-state index is 6.40. The lowest BCUT2D eigenvalue weighted by Crippen LogP contribution is -2.03. The van der Waals surface area contributed by atoms with Crippen LogP contribution in [0.1, 0.15) is 38.2 Å². The van der Waals surface area contributed by atoms with E-state index < -0.39 is 0 Å². The number of halogens is 1. The lowest BCUT2D eigenvalue weighted by atomic mass is 10.0. The Morgan fingerprint density at radius 1 is 1.00 bits per heavy atom. The van der Waals surface area contributed by atoms with Gasteiger partial charge in [-0.2, -0.15) is 0 Å². The topological polar surface area (TPSA) is 0 Å². The van der Waals surface area contributed by atoms with Gasteiger partial charge < -0.3 is 0 Å². The van der Waals surface area contributed by atoms with Crippen molar-refractivity contribution in [2.75, 3.05) is 0 Å². The highest BCUT2D eigenvalue weighted by Gasteiger charge is 2.06. The SMILES string of the molecule is CCCCCC(Cl)Cc1ccc2ccccc2c1. The average Bonchev–Trinajstić information content (AvgIpc) is 2.39. The first-order valence-electron chi connectivity index (χ1n) is 6.91. The molecular weight excluding hydrogens is 240 g/mol. The van der Waals surface area contributed by atoms with E-state index in [2.05, 4.69) is 49.4 Å². The first kappa shape index (κ1) is 13.4. The number of hydrogen-bond acceptors (Lipinski definition) is 0. The van der Waals surface area contributed by atoms with E-state index >= 15 is 0 Å². The van der Waals surface area contributed by atoms with E-state index in [1.807, 2.05) is 0 Å². The standard InChI is InChI=1S/C17H21Cl/c1-2-3-4-9-17(18)13-14-10-11-15-7-5-6-8-16(15)12-14/h5-8,10-12,17H,2-4,9,13H2,1H3. The number of fused-ring (bicyclic) bond motifs is 1. The van der Waals surface area contributed by atoms with Crippen LogP contribution in [0.5, 0.6) is 0 Å². The van der Waals surface area contributed by atoms with Crippen molar-refractivity contribution in [3.8, 4) is 0 Å².